The Balaban J connectivity index is 0.000000640. The van der Waals surface area contributed by atoms with Gasteiger partial charge >= 0.3 is 18.9 Å². The van der Waals surface area contributed by atoms with Crippen molar-refractivity contribution >= 4 is 0 Å². The molecule has 4 nitrogen and oxygen atoms in total. The molecule has 0 saturated carbocycles. The summed E-state index contributed by atoms with van der Waals surface area (Å²) in [6.07, 6.45) is 1.85. The summed E-state index contributed by atoms with van der Waals surface area (Å²) in [5, 5.41) is 10.7. The third-order valence-corrected chi connectivity index (χ3v) is 0.911. The molecule has 0 spiro atoms. The van der Waals surface area contributed by atoms with Crippen LogP contribution in [0.5, 0.6) is 0 Å². The largest absolute Gasteiger partial charge is 1.00 e. The van der Waals surface area contributed by atoms with E-state index in [-0.39, 0.29) is 18.9 Å². The summed E-state index contributed by atoms with van der Waals surface area (Å²) in [5.74, 6) is 0.796. The number of aromatic nitrogens is 4. The van der Waals surface area contributed by atoms with Crippen LogP contribution in [0.1, 0.15) is 12.7 Å². The van der Waals surface area contributed by atoms with Gasteiger partial charge in [-0.2, -0.15) is 6.92 Å². The van der Waals surface area contributed by atoms with Crippen molar-refractivity contribution < 1.29 is 18.9 Å². The van der Waals surface area contributed by atoms with E-state index in [2.05, 4.69) is 15.5 Å². The van der Waals surface area contributed by atoms with Gasteiger partial charge in [-0.25, -0.2) is 0 Å². The first-order valence-electron chi connectivity index (χ1n) is 2.36. The Kier molecular flexibility index (Phi) is 3.36. The molecule has 0 N–H and O–H groups in total. The van der Waals surface area contributed by atoms with E-state index in [1.807, 2.05) is 13.3 Å². The fourth-order valence-electron chi connectivity index (χ4n) is 0.481. The average molecular weight is 118 g/mol. The second-order valence-corrected chi connectivity index (χ2v) is 1.45. The Hall–Kier alpha value is -0.463. The number of hydrogen-bond acceptors (Lipinski definition) is 3. The van der Waals surface area contributed by atoms with Crippen LogP contribution in [-0.2, 0) is 7.05 Å². The van der Waals surface area contributed by atoms with Gasteiger partial charge in [-0.05, 0) is 10.4 Å². The van der Waals surface area contributed by atoms with Gasteiger partial charge in [0, 0.05) is 12.9 Å². The topological polar surface area (TPSA) is 43.6 Å². The fourth-order valence-corrected chi connectivity index (χ4v) is 0.481. The summed E-state index contributed by atoms with van der Waals surface area (Å²) in [6, 6.07) is 0. The van der Waals surface area contributed by atoms with Crippen LogP contribution in [0.4, 0.5) is 0 Å². The van der Waals surface area contributed by atoms with Crippen LogP contribution in [0.25, 0.3) is 0 Å². The predicted molar refractivity (Wildman–Crippen MR) is 27.9 cm³/mol. The van der Waals surface area contributed by atoms with Gasteiger partial charge in [0.1, 0.15) is 0 Å². The van der Waals surface area contributed by atoms with E-state index < -0.39 is 0 Å². The molecule has 1 aromatic heterocycles. The number of tetrazole rings is 1. The minimum Gasteiger partial charge on any atom is -0.325 e. The Bertz CT molecular complexity index is 173. The Labute approximate surface area is 65.8 Å². The van der Waals surface area contributed by atoms with Crippen molar-refractivity contribution in [2.24, 2.45) is 7.05 Å². The van der Waals surface area contributed by atoms with E-state index in [1.54, 1.807) is 11.7 Å². The first-order valence-corrected chi connectivity index (χ1v) is 2.36. The standard InChI is InChI=1S/C4H7N4.Li/c1-3-4-5-6-7-8(4)2;/h3H,1-2H3;/q-1;+1. The van der Waals surface area contributed by atoms with Gasteiger partial charge in [0.15, 0.2) is 0 Å². The Morgan fingerprint density at radius 3 is 2.44 bits per heavy atom. The summed E-state index contributed by atoms with van der Waals surface area (Å²) < 4.78 is 1.61. The van der Waals surface area contributed by atoms with Gasteiger partial charge in [-0.15, -0.1) is 5.10 Å². The average Bonchev–Trinajstić information content (AvgIpc) is 2.14. The molecule has 0 aliphatic rings. The van der Waals surface area contributed by atoms with Crippen molar-refractivity contribution in [2.45, 2.75) is 6.92 Å². The van der Waals surface area contributed by atoms with Crippen LogP contribution in [0.15, 0.2) is 0 Å². The van der Waals surface area contributed by atoms with Crippen LogP contribution < -0.4 is 18.9 Å². The molecule has 5 heteroatoms. The maximum absolute atomic E-state index is 3.68. The minimum absolute atomic E-state index is 0. The van der Waals surface area contributed by atoms with Crippen molar-refractivity contribution in [1.29, 1.82) is 0 Å². The number of aryl methyl sites for hydroxylation is 1. The molecule has 0 aliphatic carbocycles. The molecule has 0 bridgehead atoms. The first kappa shape index (κ1) is 8.54. The second kappa shape index (κ2) is 3.54. The zero-order valence-electron chi connectivity index (χ0n) is 5.87. The molecule has 0 radical (unpaired) electrons. The first-order chi connectivity index (χ1) is 3.84. The van der Waals surface area contributed by atoms with E-state index in [4.69, 9.17) is 0 Å². The monoisotopic (exact) mass is 118 g/mol. The summed E-state index contributed by atoms with van der Waals surface area (Å²) in [4.78, 5) is 0. The molecule has 1 aromatic rings. The number of hydrogen-bond donors (Lipinski definition) is 0. The van der Waals surface area contributed by atoms with Crippen LogP contribution in [0.3, 0.4) is 0 Å². The summed E-state index contributed by atoms with van der Waals surface area (Å²) in [5.41, 5.74) is 0. The van der Waals surface area contributed by atoms with E-state index in [0.29, 0.717) is 0 Å². The normalized spacial score (nSPS) is 8.22. The van der Waals surface area contributed by atoms with E-state index >= 15 is 0 Å². The van der Waals surface area contributed by atoms with Crippen LogP contribution in [0, 0.1) is 6.42 Å². The van der Waals surface area contributed by atoms with Gasteiger partial charge < -0.3 is 6.42 Å². The zero-order valence-corrected chi connectivity index (χ0v) is 5.87. The van der Waals surface area contributed by atoms with Crippen LogP contribution in [-0.4, -0.2) is 20.2 Å². The molecule has 0 aliphatic heterocycles. The molecule has 9 heavy (non-hydrogen) atoms. The molecule has 0 amide bonds. The van der Waals surface area contributed by atoms with Crippen molar-refractivity contribution in [1.82, 2.24) is 20.2 Å². The third-order valence-electron chi connectivity index (χ3n) is 0.911. The maximum atomic E-state index is 3.68. The zero-order chi connectivity index (χ0) is 5.98. The van der Waals surface area contributed by atoms with Gasteiger partial charge in [-0.3, -0.25) is 4.68 Å². The quantitative estimate of drug-likeness (QED) is 0.288. The van der Waals surface area contributed by atoms with E-state index in [0.717, 1.165) is 5.82 Å². The van der Waals surface area contributed by atoms with E-state index in [1.165, 1.54) is 0 Å². The molecule has 0 aromatic carbocycles. The third kappa shape index (κ3) is 1.74. The van der Waals surface area contributed by atoms with Crippen molar-refractivity contribution in [2.75, 3.05) is 0 Å². The molecule has 0 unspecified atom stereocenters. The van der Waals surface area contributed by atoms with Gasteiger partial charge in [-0.1, -0.05) is 0 Å². The fraction of sp³-hybridized carbons (Fsp3) is 0.500. The molecule has 44 valence electrons. The molecule has 0 saturated heterocycles. The minimum atomic E-state index is 0. The Morgan fingerprint density at radius 2 is 2.22 bits per heavy atom. The molecular weight excluding hydrogens is 111 g/mol. The predicted octanol–water partition coefficient (Wildman–Crippen LogP) is -3.21. The smallest absolute Gasteiger partial charge is 0.325 e. The molecule has 0 fully saturated rings. The van der Waals surface area contributed by atoms with Crippen molar-refractivity contribution in [3.8, 4) is 0 Å². The van der Waals surface area contributed by atoms with Crippen LogP contribution in [0.2, 0.25) is 0 Å². The van der Waals surface area contributed by atoms with Crippen molar-refractivity contribution in [3.63, 3.8) is 0 Å². The summed E-state index contributed by atoms with van der Waals surface area (Å²) >= 11 is 0. The molecular formula is C4H7LiN4. The van der Waals surface area contributed by atoms with Gasteiger partial charge in [0.25, 0.3) is 0 Å². The molecule has 1 heterocycles. The summed E-state index contributed by atoms with van der Waals surface area (Å²) in [6.45, 7) is 1.89. The van der Waals surface area contributed by atoms with Gasteiger partial charge in [0.05, 0.1) is 0 Å². The van der Waals surface area contributed by atoms with Gasteiger partial charge in [0.2, 0.25) is 0 Å². The van der Waals surface area contributed by atoms with E-state index in [9.17, 15) is 0 Å². The Morgan fingerprint density at radius 1 is 1.56 bits per heavy atom. The molecule has 0 atom stereocenters. The van der Waals surface area contributed by atoms with Crippen LogP contribution >= 0.6 is 0 Å². The number of nitrogens with zero attached hydrogens (tertiary/aromatic N) is 4. The second-order valence-electron chi connectivity index (χ2n) is 1.45. The summed E-state index contributed by atoms with van der Waals surface area (Å²) in [7, 11) is 1.80. The maximum Gasteiger partial charge on any atom is 1.00 e. The number of rotatable bonds is 1. The van der Waals surface area contributed by atoms with Crippen molar-refractivity contribution in [3.05, 3.63) is 12.2 Å². The molecule has 1 rings (SSSR count). The SMILES string of the molecule is C[CH-]c1nnnn1C.[Li+].